The van der Waals surface area contributed by atoms with Crippen molar-refractivity contribution in [2.75, 3.05) is 6.54 Å². The van der Waals surface area contributed by atoms with E-state index in [4.69, 9.17) is 0 Å². The molecule has 1 amide bonds. The maximum absolute atomic E-state index is 12.4. The fraction of sp³-hybridized carbons (Fsp3) is 0.692. The molecule has 2 aliphatic rings. The molecule has 3 heterocycles. The summed E-state index contributed by atoms with van der Waals surface area (Å²) in [5, 5.41) is 3.58. The molecule has 3 rings (SSSR count). The molecule has 2 fully saturated rings. The summed E-state index contributed by atoms with van der Waals surface area (Å²) in [7, 11) is 0. The summed E-state index contributed by atoms with van der Waals surface area (Å²) in [5.74, 6) is -0.0767. The molecule has 3 N–H and O–H groups in total. The second-order valence-electron chi connectivity index (χ2n) is 5.51. The summed E-state index contributed by atoms with van der Waals surface area (Å²) in [5.41, 5.74) is 0.0301. The van der Waals surface area contributed by atoms with Crippen LogP contribution >= 0.6 is 0 Å². The lowest BCUT2D eigenvalue weighted by Crippen LogP contribution is -2.50. The molecular weight excluding hydrogens is 244 g/mol. The Balaban J connectivity index is 1.77. The van der Waals surface area contributed by atoms with E-state index in [1.165, 1.54) is 19.0 Å². The van der Waals surface area contributed by atoms with Gasteiger partial charge in [-0.2, -0.15) is 0 Å². The van der Waals surface area contributed by atoms with Crippen LogP contribution in [0.3, 0.4) is 0 Å². The van der Waals surface area contributed by atoms with Crippen LogP contribution in [-0.2, 0) is 0 Å². The molecule has 19 heavy (non-hydrogen) atoms. The Morgan fingerprint density at radius 1 is 1.37 bits per heavy atom. The van der Waals surface area contributed by atoms with E-state index in [9.17, 15) is 9.59 Å². The molecule has 2 saturated heterocycles. The van der Waals surface area contributed by atoms with Crippen molar-refractivity contribution in [2.24, 2.45) is 0 Å². The average Bonchev–Trinajstić information content (AvgIpc) is 2.97. The van der Waals surface area contributed by atoms with Gasteiger partial charge < -0.3 is 20.2 Å². The summed E-state index contributed by atoms with van der Waals surface area (Å²) in [6, 6.07) is 1.39. The molecule has 104 valence electrons. The van der Waals surface area contributed by atoms with Crippen molar-refractivity contribution >= 4 is 5.91 Å². The summed E-state index contributed by atoms with van der Waals surface area (Å²) >= 11 is 0. The fourth-order valence-electron chi connectivity index (χ4n) is 3.45. The normalized spacial score (nSPS) is 29.4. The topological polar surface area (TPSA) is 81.0 Å². The molecule has 2 unspecified atom stereocenters. The number of H-pyrrole nitrogens is 2. The molecule has 0 aromatic carbocycles. The Bertz CT molecular complexity index is 509. The Hall–Kier alpha value is -1.56. The van der Waals surface area contributed by atoms with Crippen molar-refractivity contribution in [1.29, 1.82) is 0 Å². The van der Waals surface area contributed by atoms with Gasteiger partial charge in [0.05, 0.1) is 0 Å². The van der Waals surface area contributed by atoms with Crippen LogP contribution in [0.25, 0.3) is 0 Å². The number of hydrogen-bond acceptors (Lipinski definition) is 3. The van der Waals surface area contributed by atoms with Gasteiger partial charge in [0, 0.05) is 30.9 Å². The van der Waals surface area contributed by atoms with E-state index >= 15 is 0 Å². The first kappa shape index (κ1) is 12.5. The first-order valence-electron chi connectivity index (χ1n) is 7.02. The van der Waals surface area contributed by atoms with Gasteiger partial charge in [0.2, 0.25) is 0 Å². The fourth-order valence-corrected chi connectivity index (χ4v) is 3.45. The molecule has 2 aliphatic heterocycles. The molecule has 2 bridgehead atoms. The highest BCUT2D eigenvalue weighted by Gasteiger charge is 2.37. The lowest BCUT2D eigenvalue weighted by Gasteiger charge is -2.37. The van der Waals surface area contributed by atoms with E-state index < -0.39 is 0 Å². The van der Waals surface area contributed by atoms with Crippen LogP contribution in [0.5, 0.6) is 0 Å². The van der Waals surface area contributed by atoms with Crippen molar-refractivity contribution in [1.82, 2.24) is 20.2 Å². The first-order valence-corrected chi connectivity index (χ1v) is 7.02. The van der Waals surface area contributed by atoms with E-state index in [1.54, 1.807) is 0 Å². The summed E-state index contributed by atoms with van der Waals surface area (Å²) in [6.07, 6.45) is 5.93. The number of nitrogens with zero attached hydrogens (tertiary/aromatic N) is 1. The molecule has 1 aromatic rings. The number of hydrogen-bond donors (Lipinski definition) is 3. The van der Waals surface area contributed by atoms with E-state index in [-0.39, 0.29) is 17.6 Å². The summed E-state index contributed by atoms with van der Waals surface area (Å²) in [6.45, 7) is 2.67. The number of rotatable bonds is 3. The van der Waals surface area contributed by atoms with Crippen molar-refractivity contribution < 1.29 is 4.79 Å². The number of aromatic nitrogens is 2. The molecular formula is C13H20N4O2. The second kappa shape index (κ2) is 4.85. The van der Waals surface area contributed by atoms with Crippen molar-refractivity contribution in [2.45, 2.75) is 50.7 Å². The smallest absolute Gasteiger partial charge is 0.323 e. The number of fused-ring (bicyclic) bond motifs is 2. The summed E-state index contributed by atoms with van der Waals surface area (Å²) in [4.78, 5) is 30.5. The molecule has 6 heteroatoms. The molecule has 0 saturated carbocycles. The van der Waals surface area contributed by atoms with Gasteiger partial charge in [-0.15, -0.1) is 0 Å². The highest BCUT2D eigenvalue weighted by atomic mass is 16.2. The third kappa shape index (κ3) is 2.32. The summed E-state index contributed by atoms with van der Waals surface area (Å²) < 4.78 is 0. The maximum atomic E-state index is 12.4. The lowest BCUT2D eigenvalue weighted by atomic mass is 9.98. The van der Waals surface area contributed by atoms with Crippen LogP contribution in [0, 0.1) is 0 Å². The number of nitrogens with one attached hydrogen (secondary N) is 3. The van der Waals surface area contributed by atoms with Crippen LogP contribution in [0.1, 0.15) is 43.1 Å². The van der Waals surface area contributed by atoms with Crippen LogP contribution < -0.4 is 11.0 Å². The van der Waals surface area contributed by atoms with Gasteiger partial charge in [-0.1, -0.05) is 0 Å². The quantitative estimate of drug-likeness (QED) is 0.741. The highest BCUT2D eigenvalue weighted by Crippen LogP contribution is 2.30. The van der Waals surface area contributed by atoms with Crippen molar-refractivity contribution in [3.05, 3.63) is 22.4 Å². The van der Waals surface area contributed by atoms with Gasteiger partial charge >= 0.3 is 5.69 Å². The Morgan fingerprint density at radius 2 is 2.05 bits per heavy atom. The van der Waals surface area contributed by atoms with E-state index in [0.717, 1.165) is 12.8 Å². The van der Waals surface area contributed by atoms with E-state index in [1.807, 2.05) is 11.8 Å². The largest absolute Gasteiger partial charge is 0.335 e. The monoisotopic (exact) mass is 264 g/mol. The van der Waals surface area contributed by atoms with Gasteiger partial charge in [-0.05, 0) is 32.6 Å². The van der Waals surface area contributed by atoms with Crippen LogP contribution in [0.2, 0.25) is 0 Å². The third-order valence-corrected chi connectivity index (χ3v) is 4.32. The number of carbonyl (C=O) groups is 1. The predicted octanol–water partition coefficient (Wildman–Crippen LogP) is 0.448. The van der Waals surface area contributed by atoms with Crippen LogP contribution in [0.15, 0.2) is 11.0 Å². The number of imidazole rings is 1. The predicted molar refractivity (Wildman–Crippen MR) is 71.1 cm³/mol. The number of aromatic amines is 2. The zero-order valence-corrected chi connectivity index (χ0v) is 11.1. The Labute approximate surface area is 111 Å². The molecule has 6 nitrogen and oxygen atoms in total. The SMILES string of the molecule is CCN(C(=O)c1c[nH]c(=O)[nH]1)C1CC2CCC(C1)N2. The zero-order chi connectivity index (χ0) is 13.4. The number of piperidine rings is 1. The standard InChI is InChI=1S/C13H20N4O2/c1-2-17(12(18)11-7-14-13(19)16-11)10-5-8-3-4-9(6-10)15-8/h7-10,15H,2-6H2,1H3,(H2,14,16,19). The first-order chi connectivity index (χ1) is 9.17. The van der Waals surface area contributed by atoms with Gasteiger partial charge in [0.1, 0.15) is 5.69 Å². The molecule has 1 aromatic heterocycles. The lowest BCUT2D eigenvalue weighted by molar-refractivity contribution is 0.0625. The third-order valence-electron chi connectivity index (χ3n) is 4.32. The van der Waals surface area contributed by atoms with Gasteiger partial charge in [-0.25, -0.2) is 4.79 Å². The maximum Gasteiger partial charge on any atom is 0.323 e. The van der Waals surface area contributed by atoms with E-state index in [2.05, 4.69) is 15.3 Å². The highest BCUT2D eigenvalue weighted by molar-refractivity contribution is 5.92. The minimum Gasteiger partial charge on any atom is -0.335 e. The van der Waals surface area contributed by atoms with Crippen LogP contribution in [-0.4, -0.2) is 45.4 Å². The van der Waals surface area contributed by atoms with Crippen molar-refractivity contribution in [3.63, 3.8) is 0 Å². The average molecular weight is 264 g/mol. The number of amides is 1. The zero-order valence-electron chi connectivity index (χ0n) is 11.1. The molecule has 0 spiro atoms. The van der Waals surface area contributed by atoms with Crippen LogP contribution in [0.4, 0.5) is 0 Å². The van der Waals surface area contributed by atoms with Gasteiger partial charge in [-0.3, -0.25) is 4.79 Å². The second-order valence-corrected chi connectivity index (χ2v) is 5.51. The Kier molecular flexibility index (Phi) is 3.18. The molecule has 0 aliphatic carbocycles. The molecule has 2 atom stereocenters. The minimum atomic E-state index is -0.329. The minimum absolute atomic E-state index is 0.0767. The molecule has 0 radical (unpaired) electrons. The Morgan fingerprint density at radius 3 is 2.58 bits per heavy atom. The number of carbonyl (C=O) groups excluding carboxylic acids is 1. The van der Waals surface area contributed by atoms with Crippen molar-refractivity contribution in [3.8, 4) is 0 Å². The van der Waals surface area contributed by atoms with Gasteiger partial charge in [0.25, 0.3) is 5.91 Å². The van der Waals surface area contributed by atoms with Gasteiger partial charge in [0.15, 0.2) is 0 Å². The van der Waals surface area contributed by atoms with E-state index in [0.29, 0.717) is 24.3 Å².